The summed E-state index contributed by atoms with van der Waals surface area (Å²) in [6.07, 6.45) is 2.24. The van der Waals surface area contributed by atoms with Crippen molar-refractivity contribution in [2.24, 2.45) is 11.3 Å². The van der Waals surface area contributed by atoms with Gasteiger partial charge in [0, 0.05) is 6.42 Å². The van der Waals surface area contributed by atoms with E-state index in [0.717, 1.165) is 18.4 Å². The Morgan fingerprint density at radius 3 is 2.42 bits per heavy atom. The lowest BCUT2D eigenvalue weighted by Crippen LogP contribution is -2.54. The molecule has 1 saturated heterocycles. The van der Waals surface area contributed by atoms with Gasteiger partial charge < -0.3 is 4.74 Å². The number of hydrogen-bond donors (Lipinski definition) is 0. The highest BCUT2D eigenvalue weighted by Gasteiger charge is 2.55. The zero-order chi connectivity index (χ0) is 19.1. The Morgan fingerprint density at radius 2 is 1.85 bits per heavy atom. The molecule has 0 bridgehead atoms. The number of nitrogens with zero attached hydrogens (tertiary/aromatic N) is 1. The molecule has 1 aliphatic carbocycles. The molecule has 6 heteroatoms. The molecule has 0 radical (unpaired) electrons. The van der Waals surface area contributed by atoms with Gasteiger partial charge in [0.05, 0.1) is 23.0 Å². The highest BCUT2D eigenvalue weighted by molar-refractivity contribution is 7.89. The first-order valence-corrected chi connectivity index (χ1v) is 10.9. The van der Waals surface area contributed by atoms with Gasteiger partial charge in [-0.3, -0.25) is 4.79 Å². The largest absolute Gasteiger partial charge is 0.359 e. The Bertz CT molecular complexity index is 772. The van der Waals surface area contributed by atoms with E-state index < -0.39 is 21.7 Å². The van der Waals surface area contributed by atoms with Crippen molar-refractivity contribution in [1.82, 2.24) is 4.31 Å². The molecule has 5 nitrogen and oxygen atoms in total. The van der Waals surface area contributed by atoms with Crippen molar-refractivity contribution < 1.29 is 17.9 Å². The molecule has 3 atom stereocenters. The zero-order valence-electron chi connectivity index (χ0n) is 16.1. The summed E-state index contributed by atoms with van der Waals surface area (Å²) >= 11 is 0. The van der Waals surface area contributed by atoms with Gasteiger partial charge in [-0.1, -0.05) is 38.0 Å². The fraction of sp³-hybridized carbons (Fsp3) is 0.650. The summed E-state index contributed by atoms with van der Waals surface area (Å²) in [7, 11) is -3.75. The normalized spacial score (nSPS) is 30.9. The first-order chi connectivity index (χ1) is 12.2. The number of Topliss-reactive ketones (excluding diaryl/α,β-unsaturated/α-hetero) is 1. The van der Waals surface area contributed by atoms with Gasteiger partial charge in [0.1, 0.15) is 12.0 Å². The third-order valence-electron chi connectivity index (χ3n) is 5.88. The second-order valence-corrected chi connectivity index (χ2v) is 10.0. The van der Waals surface area contributed by atoms with Gasteiger partial charge in [-0.15, -0.1) is 0 Å². The van der Waals surface area contributed by atoms with Crippen molar-refractivity contribution in [3.8, 4) is 0 Å². The van der Waals surface area contributed by atoms with E-state index in [-0.39, 0.29) is 22.6 Å². The number of hydrogen-bond acceptors (Lipinski definition) is 4. The quantitative estimate of drug-likeness (QED) is 0.803. The Kier molecular flexibility index (Phi) is 5.30. The summed E-state index contributed by atoms with van der Waals surface area (Å²) in [5.74, 6) is 0.213. The van der Waals surface area contributed by atoms with E-state index in [0.29, 0.717) is 19.4 Å². The van der Waals surface area contributed by atoms with Crippen LogP contribution in [-0.2, 0) is 19.6 Å². The van der Waals surface area contributed by atoms with Gasteiger partial charge >= 0.3 is 0 Å². The van der Waals surface area contributed by atoms with Crippen LogP contribution in [0.1, 0.15) is 52.0 Å². The monoisotopic (exact) mass is 379 g/mol. The van der Waals surface area contributed by atoms with Gasteiger partial charge in [0.15, 0.2) is 0 Å². The Balaban J connectivity index is 2.06. The number of carbonyl (C=O) groups excluding carboxylic acids is 1. The minimum atomic E-state index is -3.75. The van der Waals surface area contributed by atoms with Crippen LogP contribution >= 0.6 is 0 Å². The summed E-state index contributed by atoms with van der Waals surface area (Å²) < 4.78 is 34.5. The number of sulfonamides is 1. The van der Waals surface area contributed by atoms with Gasteiger partial charge in [0.2, 0.25) is 10.0 Å². The Hall–Kier alpha value is -1.24. The molecule has 0 amide bonds. The molecule has 1 saturated carbocycles. The van der Waals surface area contributed by atoms with Crippen molar-refractivity contribution >= 4 is 15.8 Å². The van der Waals surface area contributed by atoms with E-state index in [4.69, 9.17) is 4.74 Å². The van der Waals surface area contributed by atoms with Crippen LogP contribution in [0, 0.1) is 18.3 Å². The molecule has 1 aromatic rings. The van der Waals surface area contributed by atoms with Crippen molar-refractivity contribution in [3.63, 3.8) is 0 Å². The first-order valence-electron chi connectivity index (χ1n) is 9.43. The number of rotatable bonds is 4. The number of aryl methyl sites for hydroxylation is 1. The van der Waals surface area contributed by atoms with Crippen molar-refractivity contribution in [2.45, 2.75) is 70.5 Å². The van der Waals surface area contributed by atoms with Crippen LogP contribution in [0.25, 0.3) is 0 Å². The molecule has 1 heterocycles. The third-order valence-corrected chi connectivity index (χ3v) is 7.77. The van der Waals surface area contributed by atoms with E-state index in [1.54, 1.807) is 24.3 Å². The van der Waals surface area contributed by atoms with Crippen LogP contribution in [0.3, 0.4) is 0 Å². The Labute approximate surface area is 156 Å². The SMILES string of the molecule is Cc1ccc(S(=O)(=O)N2[C@@H](C(C)C)CO[C@H]2[C@@]2(C)CCCCC2=O)cc1. The molecule has 0 unspecified atom stereocenters. The van der Waals surface area contributed by atoms with E-state index in [1.807, 2.05) is 27.7 Å². The molecular weight excluding hydrogens is 350 g/mol. The van der Waals surface area contributed by atoms with E-state index in [2.05, 4.69) is 0 Å². The van der Waals surface area contributed by atoms with Crippen molar-refractivity contribution in [3.05, 3.63) is 29.8 Å². The molecule has 144 valence electrons. The van der Waals surface area contributed by atoms with Gasteiger partial charge in [0.25, 0.3) is 0 Å². The molecule has 1 aromatic carbocycles. The van der Waals surface area contributed by atoms with Crippen LogP contribution in [0.2, 0.25) is 0 Å². The summed E-state index contributed by atoms with van der Waals surface area (Å²) in [5, 5.41) is 0. The predicted octanol–water partition coefficient (Wildman–Crippen LogP) is 3.52. The minimum Gasteiger partial charge on any atom is -0.359 e. The second kappa shape index (κ2) is 7.06. The van der Waals surface area contributed by atoms with Crippen molar-refractivity contribution in [2.75, 3.05) is 6.61 Å². The molecule has 26 heavy (non-hydrogen) atoms. The zero-order valence-corrected chi connectivity index (χ0v) is 16.9. The highest BCUT2D eigenvalue weighted by Crippen LogP contribution is 2.44. The lowest BCUT2D eigenvalue weighted by molar-refractivity contribution is -0.143. The van der Waals surface area contributed by atoms with Crippen LogP contribution in [-0.4, -0.2) is 37.4 Å². The lowest BCUT2D eigenvalue weighted by Gasteiger charge is -2.41. The van der Waals surface area contributed by atoms with Gasteiger partial charge in [-0.2, -0.15) is 4.31 Å². The fourth-order valence-corrected chi connectivity index (χ4v) is 5.99. The molecule has 2 aliphatic rings. The second-order valence-electron chi connectivity index (χ2n) is 8.19. The van der Waals surface area contributed by atoms with E-state index in [1.165, 1.54) is 4.31 Å². The van der Waals surface area contributed by atoms with Gasteiger partial charge in [-0.05, 0) is 44.7 Å². The number of ketones is 1. The smallest absolute Gasteiger partial charge is 0.245 e. The summed E-state index contributed by atoms with van der Waals surface area (Å²) in [4.78, 5) is 13.0. The summed E-state index contributed by atoms with van der Waals surface area (Å²) in [5.41, 5.74) is 0.229. The fourth-order valence-electron chi connectivity index (χ4n) is 4.06. The standard InChI is InChI=1S/C20H29NO4S/c1-14(2)17-13-25-19(20(4)12-6-5-7-18(20)22)21(17)26(23,24)16-10-8-15(3)9-11-16/h8-11,14,17,19H,5-7,12-13H2,1-4H3/t17-,19+,20+/m1/s1. The van der Waals surface area contributed by atoms with Crippen LogP contribution < -0.4 is 0 Å². The number of ether oxygens (including phenoxy) is 1. The Morgan fingerprint density at radius 1 is 1.19 bits per heavy atom. The molecule has 2 fully saturated rings. The predicted molar refractivity (Wildman–Crippen MR) is 100 cm³/mol. The molecule has 0 spiro atoms. The lowest BCUT2D eigenvalue weighted by atomic mass is 9.73. The average molecular weight is 380 g/mol. The maximum atomic E-state index is 13.5. The molecule has 0 aromatic heterocycles. The number of carbonyl (C=O) groups is 1. The maximum Gasteiger partial charge on any atom is 0.245 e. The van der Waals surface area contributed by atoms with Crippen LogP contribution in [0.4, 0.5) is 0 Å². The first kappa shape index (κ1) is 19.5. The van der Waals surface area contributed by atoms with Crippen molar-refractivity contribution in [1.29, 1.82) is 0 Å². The summed E-state index contributed by atoms with van der Waals surface area (Å²) in [6.45, 7) is 8.13. The van der Waals surface area contributed by atoms with Crippen LogP contribution in [0.5, 0.6) is 0 Å². The van der Waals surface area contributed by atoms with E-state index >= 15 is 0 Å². The topological polar surface area (TPSA) is 63.7 Å². The number of benzene rings is 1. The van der Waals surface area contributed by atoms with E-state index in [9.17, 15) is 13.2 Å². The minimum absolute atomic E-state index is 0.0996. The highest BCUT2D eigenvalue weighted by atomic mass is 32.2. The maximum absolute atomic E-state index is 13.5. The molecule has 3 rings (SSSR count). The van der Waals surface area contributed by atoms with Gasteiger partial charge in [-0.25, -0.2) is 8.42 Å². The average Bonchev–Trinajstić information content (AvgIpc) is 3.05. The third kappa shape index (κ3) is 3.23. The summed E-state index contributed by atoms with van der Waals surface area (Å²) in [6, 6.07) is 6.62. The molecule has 1 aliphatic heterocycles. The molecular formula is C20H29NO4S. The van der Waals surface area contributed by atoms with Crippen LogP contribution in [0.15, 0.2) is 29.2 Å². The molecule has 0 N–H and O–H groups in total.